The number of benzene rings is 5. The number of cyclic esters (lactones) is 2. The Morgan fingerprint density at radius 3 is 1.54 bits per heavy atom. The lowest BCUT2D eigenvalue weighted by Crippen LogP contribution is -2.20. The third-order valence-electron chi connectivity index (χ3n) is 7.80. The Morgan fingerprint density at radius 1 is 0.585 bits per heavy atom. The molecule has 0 fully saturated rings. The zero-order chi connectivity index (χ0) is 27.7. The largest absolute Gasteiger partial charge is 0.422 e. The van der Waals surface area contributed by atoms with Crippen LogP contribution in [0.5, 0.6) is 0 Å². The number of aromatic nitrogens is 1. The number of ether oxygens (including phenoxy) is 2. The molecule has 1 aromatic heterocycles. The van der Waals surface area contributed by atoms with Crippen molar-refractivity contribution in [2.24, 2.45) is 0 Å². The molecule has 196 valence electrons. The Balaban J connectivity index is 1.26. The minimum absolute atomic E-state index is 0.418. The van der Waals surface area contributed by atoms with Crippen molar-refractivity contribution in [3.8, 4) is 5.69 Å². The zero-order valence-electron chi connectivity index (χ0n) is 21.9. The Hall–Kier alpha value is -5.07. The van der Waals surface area contributed by atoms with Crippen LogP contribution in [0.2, 0.25) is 0 Å². The second-order valence-corrected chi connectivity index (χ2v) is 10.9. The number of carbonyl (C=O) groups excluding carboxylic acids is 2. The van der Waals surface area contributed by atoms with Gasteiger partial charge in [0.15, 0.2) is 0 Å². The van der Waals surface area contributed by atoms with E-state index in [1.54, 1.807) is 23.9 Å². The van der Waals surface area contributed by atoms with Gasteiger partial charge in [0, 0.05) is 42.9 Å². The molecule has 2 aliphatic heterocycles. The van der Waals surface area contributed by atoms with Gasteiger partial charge < -0.3 is 14.0 Å². The van der Waals surface area contributed by atoms with Crippen molar-refractivity contribution in [3.05, 3.63) is 142 Å². The Kier molecular flexibility index (Phi) is 5.21. The molecule has 0 saturated carbocycles. The Bertz CT molecular complexity index is 2160. The summed E-state index contributed by atoms with van der Waals surface area (Å²) in [5.41, 5.74) is 5.62. The van der Waals surface area contributed by atoms with E-state index in [9.17, 15) is 9.59 Å². The summed E-state index contributed by atoms with van der Waals surface area (Å²) in [4.78, 5) is 27.0. The fraction of sp³-hybridized carbons (Fsp3) is 0.0286. The van der Waals surface area contributed by atoms with Crippen molar-refractivity contribution in [1.82, 2.24) is 4.57 Å². The molecule has 0 bridgehead atoms. The first kappa shape index (κ1) is 23.8. The number of thioether (sulfide) groups is 1. The molecule has 0 amide bonds. The summed E-state index contributed by atoms with van der Waals surface area (Å²) in [7, 11) is 0. The number of hydrogen-bond acceptors (Lipinski definition) is 5. The minimum atomic E-state index is -0.444. The molecule has 0 atom stereocenters. The van der Waals surface area contributed by atoms with Crippen LogP contribution < -0.4 is 10.4 Å². The molecule has 0 aliphatic carbocycles. The van der Waals surface area contributed by atoms with Crippen molar-refractivity contribution < 1.29 is 19.1 Å². The van der Waals surface area contributed by atoms with Gasteiger partial charge in [-0.1, -0.05) is 48.5 Å². The minimum Gasteiger partial charge on any atom is -0.422 e. The summed E-state index contributed by atoms with van der Waals surface area (Å²) in [6, 6.07) is 35.9. The van der Waals surface area contributed by atoms with Crippen molar-refractivity contribution in [1.29, 1.82) is 0 Å². The standard InChI is InChI=1S/C35H21NO4S/c1-41-23-16-12-21(13-17-23)33-27-19-28-26(18-29(27)35(38)40-33)32(39-34(28)37)20-10-14-22(15-11-20)36-30-8-4-2-6-24(30)25-7-3-5-9-31(25)36/h2-19H,1H3. The van der Waals surface area contributed by atoms with Gasteiger partial charge in [-0.05, 0) is 66.9 Å². The topological polar surface area (TPSA) is 57.5 Å². The second-order valence-electron chi connectivity index (χ2n) is 10.0. The normalized spacial score (nSPS) is 14.0. The fourth-order valence-corrected chi connectivity index (χ4v) is 6.26. The highest BCUT2D eigenvalue weighted by Crippen LogP contribution is 2.32. The molecule has 3 heterocycles. The van der Waals surface area contributed by atoms with Gasteiger partial charge in [0.25, 0.3) is 0 Å². The fourth-order valence-electron chi connectivity index (χ4n) is 5.85. The van der Waals surface area contributed by atoms with Crippen LogP contribution in [0, 0.1) is 0 Å². The van der Waals surface area contributed by atoms with Gasteiger partial charge >= 0.3 is 11.9 Å². The van der Waals surface area contributed by atoms with Gasteiger partial charge in [-0.3, -0.25) is 0 Å². The molecule has 41 heavy (non-hydrogen) atoms. The summed E-state index contributed by atoms with van der Waals surface area (Å²) in [6.07, 6.45) is 2.01. The smallest absolute Gasteiger partial charge is 0.344 e. The molecular formula is C35H21NO4S. The van der Waals surface area contributed by atoms with Gasteiger partial charge in [-0.2, -0.15) is 0 Å². The molecule has 5 aromatic carbocycles. The van der Waals surface area contributed by atoms with E-state index < -0.39 is 11.9 Å². The van der Waals surface area contributed by atoms with E-state index in [-0.39, 0.29) is 0 Å². The molecule has 0 radical (unpaired) electrons. The number of nitrogens with zero attached hydrogens (tertiary/aromatic N) is 1. The number of hydrogen-bond donors (Lipinski definition) is 0. The molecule has 8 rings (SSSR count). The lowest BCUT2D eigenvalue weighted by Gasteiger charge is -2.09. The van der Waals surface area contributed by atoms with Gasteiger partial charge in [0.05, 0.1) is 22.2 Å². The molecule has 0 spiro atoms. The first-order valence-electron chi connectivity index (χ1n) is 13.2. The van der Waals surface area contributed by atoms with E-state index in [1.807, 2.05) is 66.9 Å². The van der Waals surface area contributed by atoms with Crippen LogP contribution in [0.25, 0.3) is 39.0 Å². The van der Waals surface area contributed by atoms with E-state index in [2.05, 4.69) is 41.0 Å². The number of esters is 2. The monoisotopic (exact) mass is 551 g/mol. The van der Waals surface area contributed by atoms with Crippen LogP contribution in [0.1, 0.15) is 31.8 Å². The highest BCUT2D eigenvalue weighted by molar-refractivity contribution is 7.98. The number of rotatable bonds is 4. The van der Waals surface area contributed by atoms with Crippen LogP contribution >= 0.6 is 11.8 Å². The molecule has 6 heteroatoms. The van der Waals surface area contributed by atoms with Crippen molar-refractivity contribution in [2.75, 3.05) is 6.26 Å². The van der Waals surface area contributed by atoms with Crippen molar-refractivity contribution in [3.63, 3.8) is 0 Å². The van der Waals surface area contributed by atoms with Gasteiger partial charge in [-0.15, -0.1) is 11.8 Å². The average Bonchev–Trinajstić information content (AvgIpc) is 3.65. The van der Waals surface area contributed by atoms with E-state index in [0.29, 0.717) is 33.1 Å². The molecule has 0 saturated heterocycles. The third kappa shape index (κ3) is 3.58. The summed E-state index contributed by atoms with van der Waals surface area (Å²) in [6.45, 7) is 0. The van der Waals surface area contributed by atoms with Crippen LogP contribution in [-0.4, -0.2) is 22.8 Å². The lowest BCUT2D eigenvalue weighted by molar-refractivity contribution is 0.0698. The highest BCUT2D eigenvalue weighted by Gasteiger charge is 2.30. The summed E-state index contributed by atoms with van der Waals surface area (Å²) in [5.74, 6) is 0.0113. The van der Waals surface area contributed by atoms with Gasteiger partial charge in [0.2, 0.25) is 0 Å². The second kappa shape index (κ2) is 8.98. The molecule has 0 unspecified atom stereocenters. The third-order valence-corrected chi connectivity index (χ3v) is 8.54. The predicted molar refractivity (Wildman–Crippen MR) is 161 cm³/mol. The maximum Gasteiger partial charge on any atom is 0.344 e. The van der Waals surface area contributed by atoms with Gasteiger partial charge in [0.1, 0.15) is 11.5 Å². The predicted octanol–water partition coefficient (Wildman–Crippen LogP) is 6.16. The quantitative estimate of drug-likeness (QED) is 0.194. The number of para-hydroxylation sites is 2. The van der Waals surface area contributed by atoms with Crippen molar-refractivity contribution >= 4 is 57.0 Å². The highest BCUT2D eigenvalue weighted by atomic mass is 32.2. The van der Waals surface area contributed by atoms with Crippen LogP contribution in [-0.2, 0) is 9.47 Å². The summed E-state index contributed by atoms with van der Waals surface area (Å²) < 4.78 is 13.7. The van der Waals surface area contributed by atoms with E-state index in [1.165, 1.54) is 10.8 Å². The Morgan fingerprint density at radius 2 is 1.05 bits per heavy atom. The average molecular weight is 552 g/mol. The van der Waals surface area contributed by atoms with E-state index in [0.717, 1.165) is 32.7 Å². The van der Waals surface area contributed by atoms with Crippen LogP contribution in [0.3, 0.4) is 0 Å². The SMILES string of the molecule is CSc1ccc(C2=c3cc4c(cc3C(=O)O2)=C(c2ccc(-n3c5ccccc5c5ccccc53)cc2)OC4=O)cc1. The van der Waals surface area contributed by atoms with Crippen molar-refractivity contribution in [2.45, 2.75) is 4.90 Å². The Labute approximate surface area is 238 Å². The van der Waals surface area contributed by atoms with Crippen LogP contribution in [0.15, 0.2) is 114 Å². The number of carbonyl (C=O) groups is 2. The van der Waals surface area contributed by atoms with E-state index in [4.69, 9.17) is 9.47 Å². The molecule has 0 N–H and O–H groups in total. The van der Waals surface area contributed by atoms with Crippen LogP contribution in [0.4, 0.5) is 0 Å². The molecular weight excluding hydrogens is 530 g/mol. The molecule has 5 nitrogen and oxygen atoms in total. The number of fused-ring (bicyclic) bond motifs is 5. The summed E-state index contributed by atoms with van der Waals surface area (Å²) in [5, 5.41) is 3.58. The molecule has 2 aliphatic rings. The summed E-state index contributed by atoms with van der Waals surface area (Å²) >= 11 is 1.64. The maximum atomic E-state index is 13.0. The first-order valence-corrected chi connectivity index (χ1v) is 14.4. The zero-order valence-corrected chi connectivity index (χ0v) is 22.7. The van der Waals surface area contributed by atoms with E-state index >= 15 is 0 Å². The molecule has 6 aromatic rings. The maximum absolute atomic E-state index is 13.0. The lowest BCUT2D eigenvalue weighted by atomic mass is 10.0. The van der Waals surface area contributed by atoms with Gasteiger partial charge in [-0.25, -0.2) is 9.59 Å². The first-order chi connectivity index (χ1) is 20.1.